The number of hydrogen-bond donors (Lipinski definition) is 1. The van der Waals surface area contributed by atoms with Crippen molar-refractivity contribution in [1.82, 2.24) is 4.90 Å². The average Bonchev–Trinajstić information content (AvgIpc) is 2.39. The third-order valence-corrected chi connectivity index (χ3v) is 5.22. The lowest BCUT2D eigenvalue weighted by Crippen LogP contribution is -2.38. The standard InChI is InChI=1S/C12H17NOS2/c1-10(13-7-15-9-16-8-13)12(14)11-5-3-2-4-6-11/h2-6,10,12,14H,7-9H2,1H3. The fraction of sp³-hybridized carbons (Fsp3) is 0.500. The van der Waals surface area contributed by atoms with Crippen LogP contribution in [0.2, 0.25) is 0 Å². The minimum Gasteiger partial charge on any atom is -0.387 e. The molecule has 2 rings (SSSR count). The zero-order valence-corrected chi connectivity index (χ0v) is 11.0. The van der Waals surface area contributed by atoms with Gasteiger partial charge in [-0.1, -0.05) is 30.3 Å². The van der Waals surface area contributed by atoms with Gasteiger partial charge in [0.25, 0.3) is 0 Å². The second-order valence-corrected chi connectivity index (χ2v) is 6.24. The summed E-state index contributed by atoms with van der Waals surface area (Å²) in [4.78, 5) is 2.33. The lowest BCUT2D eigenvalue weighted by Gasteiger charge is -2.34. The molecular formula is C12H17NOS2. The fourth-order valence-electron chi connectivity index (χ4n) is 1.77. The average molecular weight is 255 g/mol. The van der Waals surface area contributed by atoms with Crippen LogP contribution in [0.1, 0.15) is 18.6 Å². The van der Waals surface area contributed by atoms with Gasteiger partial charge in [-0.05, 0) is 12.5 Å². The van der Waals surface area contributed by atoms with Crippen LogP contribution in [0.4, 0.5) is 0 Å². The Labute approximate surface area is 105 Å². The van der Waals surface area contributed by atoms with Crippen LogP contribution in [0.5, 0.6) is 0 Å². The summed E-state index contributed by atoms with van der Waals surface area (Å²) in [6.45, 7) is 2.10. The predicted molar refractivity (Wildman–Crippen MR) is 72.5 cm³/mol. The molecule has 0 bridgehead atoms. The molecule has 0 aliphatic carbocycles. The van der Waals surface area contributed by atoms with E-state index in [0.29, 0.717) is 0 Å². The van der Waals surface area contributed by atoms with Gasteiger partial charge in [-0.3, -0.25) is 4.90 Å². The van der Waals surface area contributed by atoms with E-state index in [1.807, 2.05) is 53.9 Å². The first kappa shape index (κ1) is 12.3. The first-order valence-electron chi connectivity index (χ1n) is 5.41. The van der Waals surface area contributed by atoms with Crippen LogP contribution in [0.15, 0.2) is 30.3 Å². The molecule has 2 unspecified atom stereocenters. The Kier molecular flexibility index (Phi) is 4.58. The molecule has 1 aliphatic rings. The van der Waals surface area contributed by atoms with E-state index in [1.54, 1.807) is 0 Å². The molecule has 1 N–H and O–H groups in total. The molecule has 1 fully saturated rings. The predicted octanol–water partition coefficient (Wildman–Crippen LogP) is 2.76. The SMILES string of the molecule is CC(C(O)c1ccccc1)N1CSCSC1. The van der Waals surface area contributed by atoms with Crippen LogP contribution in [-0.2, 0) is 0 Å². The molecule has 1 saturated heterocycles. The fourth-order valence-corrected chi connectivity index (χ4v) is 4.07. The van der Waals surface area contributed by atoms with Crippen molar-refractivity contribution in [3.63, 3.8) is 0 Å². The summed E-state index contributed by atoms with van der Waals surface area (Å²) in [5.41, 5.74) is 1.01. The molecule has 0 amide bonds. The van der Waals surface area contributed by atoms with Crippen molar-refractivity contribution in [3.8, 4) is 0 Å². The summed E-state index contributed by atoms with van der Waals surface area (Å²) in [5.74, 6) is 2.05. The van der Waals surface area contributed by atoms with Gasteiger partial charge >= 0.3 is 0 Å². The zero-order valence-electron chi connectivity index (χ0n) is 9.37. The molecule has 1 aromatic carbocycles. The number of benzene rings is 1. The van der Waals surface area contributed by atoms with Gasteiger partial charge in [-0.25, -0.2) is 0 Å². The molecule has 2 nitrogen and oxygen atoms in total. The Morgan fingerprint density at radius 1 is 1.19 bits per heavy atom. The summed E-state index contributed by atoms with van der Waals surface area (Å²) in [7, 11) is 0. The highest BCUT2D eigenvalue weighted by atomic mass is 32.2. The Balaban J connectivity index is 2.00. The highest BCUT2D eigenvalue weighted by Gasteiger charge is 2.24. The van der Waals surface area contributed by atoms with E-state index >= 15 is 0 Å². The van der Waals surface area contributed by atoms with Crippen LogP contribution in [-0.4, -0.2) is 32.9 Å². The van der Waals surface area contributed by atoms with Gasteiger partial charge in [0.05, 0.1) is 6.10 Å². The smallest absolute Gasteiger partial charge is 0.0943 e. The van der Waals surface area contributed by atoms with Crippen molar-refractivity contribution >= 4 is 23.5 Å². The molecule has 0 aromatic heterocycles. The Bertz CT molecular complexity index is 314. The largest absolute Gasteiger partial charge is 0.387 e. The Morgan fingerprint density at radius 3 is 2.44 bits per heavy atom. The summed E-state index contributed by atoms with van der Waals surface area (Å²) in [5, 5.41) is 11.5. The number of aliphatic hydroxyl groups is 1. The first-order chi connectivity index (χ1) is 7.79. The molecule has 16 heavy (non-hydrogen) atoms. The quantitative estimate of drug-likeness (QED) is 0.897. The maximum Gasteiger partial charge on any atom is 0.0943 e. The number of rotatable bonds is 3. The van der Waals surface area contributed by atoms with E-state index in [-0.39, 0.29) is 12.1 Å². The molecule has 1 aromatic rings. The second-order valence-electron chi connectivity index (χ2n) is 3.97. The van der Waals surface area contributed by atoms with E-state index in [0.717, 1.165) is 17.3 Å². The molecule has 88 valence electrons. The van der Waals surface area contributed by atoms with Gasteiger partial charge in [-0.2, -0.15) is 0 Å². The van der Waals surface area contributed by atoms with Gasteiger partial charge in [0.15, 0.2) is 0 Å². The third-order valence-electron chi connectivity index (χ3n) is 2.85. The zero-order chi connectivity index (χ0) is 11.4. The summed E-state index contributed by atoms with van der Waals surface area (Å²) < 4.78 is 0. The van der Waals surface area contributed by atoms with Gasteiger partial charge in [0.2, 0.25) is 0 Å². The third kappa shape index (κ3) is 2.94. The molecule has 4 heteroatoms. The van der Waals surface area contributed by atoms with Crippen LogP contribution < -0.4 is 0 Å². The number of hydrogen-bond acceptors (Lipinski definition) is 4. The Hall–Kier alpha value is -0.160. The van der Waals surface area contributed by atoms with Crippen LogP contribution in [0, 0.1) is 0 Å². The van der Waals surface area contributed by atoms with Crippen molar-refractivity contribution in [1.29, 1.82) is 0 Å². The molecule has 0 saturated carbocycles. The van der Waals surface area contributed by atoms with Gasteiger partial charge in [-0.15, -0.1) is 23.5 Å². The topological polar surface area (TPSA) is 23.5 Å². The minimum absolute atomic E-state index is 0.183. The number of aliphatic hydroxyl groups excluding tert-OH is 1. The molecule has 0 spiro atoms. The molecule has 0 radical (unpaired) electrons. The molecular weight excluding hydrogens is 238 g/mol. The maximum absolute atomic E-state index is 10.3. The maximum atomic E-state index is 10.3. The van der Waals surface area contributed by atoms with E-state index in [4.69, 9.17) is 0 Å². The van der Waals surface area contributed by atoms with Crippen LogP contribution in [0.3, 0.4) is 0 Å². The van der Waals surface area contributed by atoms with E-state index in [2.05, 4.69) is 11.8 Å². The van der Waals surface area contributed by atoms with E-state index in [9.17, 15) is 5.11 Å². The summed E-state index contributed by atoms with van der Waals surface area (Å²) in [6.07, 6.45) is -0.388. The number of thioether (sulfide) groups is 2. The van der Waals surface area contributed by atoms with Gasteiger partial charge in [0, 0.05) is 22.9 Å². The highest BCUT2D eigenvalue weighted by Crippen LogP contribution is 2.28. The lowest BCUT2D eigenvalue weighted by molar-refractivity contribution is 0.0793. The van der Waals surface area contributed by atoms with Crippen molar-refractivity contribution in [2.75, 3.05) is 16.8 Å². The van der Waals surface area contributed by atoms with E-state index < -0.39 is 0 Å². The van der Waals surface area contributed by atoms with Crippen molar-refractivity contribution in [3.05, 3.63) is 35.9 Å². The van der Waals surface area contributed by atoms with Gasteiger partial charge < -0.3 is 5.11 Å². The van der Waals surface area contributed by atoms with Crippen molar-refractivity contribution in [2.45, 2.75) is 19.1 Å². The molecule has 1 aliphatic heterocycles. The number of nitrogens with zero attached hydrogens (tertiary/aromatic N) is 1. The normalized spacial score (nSPS) is 21.6. The summed E-state index contributed by atoms with van der Waals surface area (Å²) in [6, 6.07) is 10.1. The lowest BCUT2D eigenvalue weighted by atomic mass is 10.0. The molecule has 2 atom stereocenters. The van der Waals surface area contributed by atoms with Crippen LogP contribution in [0.25, 0.3) is 0 Å². The molecule has 1 heterocycles. The minimum atomic E-state index is -0.388. The van der Waals surface area contributed by atoms with Crippen molar-refractivity contribution < 1.29 is 5.11 Å². The monoisotopic (exact) mass is 255 g/mol. The van der Waals surface area contributed by atoms with Crippen LogP contribution >= 0.6 is 23.5 Å². The van der Waals surface area contributed by atoms with Gasteiger partial charge in [0.1, 0.15) is 0 Å². The summed E-state index contributed by atoms with van der Waals surface area (Å²) >= 11 is 3.84. The Morgan fingerprint density at radius 2 is 1.81 bits per heavy atom. The first-order valence-corrected chi connectivity index (χ1v) is 7.72. The van der Waals surface area contributed by atoms with Crippen molar-refractivity contribution in [2.24, 2.45) is 0 Å². The van der Waals surface area contributed by atoms with E-state index in [1.165, 1.54) is 5.08 Å². The second kappa shape index (κ2) is 5.96. The highest BCUT2D eigenvalue weighted by molar-refractivity contribution is 8.16.